The lowest BCUT2D eigenvalue weighted by molar-refractivity contribution is -0.571. The summed E-state index contributed by atoms with van der Waals surface area (Å²) in [6.45, 7) is 12.8. The van der Waals surface area contributed by atoms with Crippen molar-refractivity contribution >= 4 is 11.6 Å². The average molecular weight is 695 g/mol. The van der Waals surface area contributed by atoms with Crippen LogP contribution in [0.4, 0.5) is 0 Å². The molecule has 8 saturated heterocycles. The maximum Gasteiger partial charge on any atom is 0.201 e. The first-order chi connectivity index (χ1) is 23.9. The molecule has 10 fully saturated rings. The number of benzene rings is 1. The van der Waals surface area contributed by atoms with E-state index in [-0.39, 0.29) is 72.1 Å². The van der Waals surface area contributed by atoms with E-state index >= 15 is 0 Å². The molecule has 1 aromatic rings. The van der Waals surface area contributed by atoms with Crippen LogP contribution in [0.25, 0.3) is 0 Å². The first-order valence-electron chi connectivity index (χ1n) is 19.4. The normalized spacial score (nSPS) is 52.0. The minimum absolute atomic E-state index is 0.0461. The maximum atomic E-state index is 13.9. The Kier molecular flexibility index (Phi) is 8.08. The monoisotopic (exact) mass is 694 g/mol. The van der Waals surface area contributed by atoms with E-state index in [1.807, 2.05) is 13.8 Å². The van der Waals surface area contributed by atoms with Crippen LogP contribution in [-0.4, -0.2) is 59.1 Å². The van der Waals surface area contributed by atoms with Crippen molar-refractivity contribution in [3.8, 4) is 0 Å². The van der Waals surface area contributed by atoms with Gasteiger partial charge in [0.15, 0.2) is 35.3 Å². The summed E-state index contributed by atoms with van der Waals surface area (Å²) in [7, 11) is 0. The van der Waals surface area contributed by atoms with E-state index < -0.39 is 35.4 Å². The van der Waals surface area contributed by atoms with Crippen molar-refractivity contribution in [3.05, 3.63) is 35.4 Å². The number of ketones is 2. The molecule has 0 aromatic heterocycles. The third kappa shape index (κ3) is 4.95. The Hall–Kier alpha value is -1.76. The van der Waals surface area contributed by atoms with Crippen LogP contribution in [0.2, 0.25) is 0 Å². The van der Waals surface area contributed by atoms with Crippen molar-refractivity contribution in [1.29, 1.82) is 0 Å². The van der Waals surface area contributed by atoms with Gasteiger partial charge in [0.05, 0.1) is 12.2 Å². The van der Waals surface area contributed by atoms with Gasteiger partial charge in [0.1, 0.15) is 0 Å². The molecule has 50 heavy (non-hydrogen) atoms. The Morgan fingerprint density at radius 3 is 1.50 bits per heavy atom. The summed E-state index contributed by atoms with van der Waals surface area (Å²) >= 11 is 0. The van der Waals surface area contributed by atoms with Gasteiger partial charge in [0.2, 0.25) is 11.6 Å². The summed E-state index contributed by atoms with van der Waals surface area (Å²) in [5, 5.41) is 0. The molecule has 11 rings (SSSR count). The second kappa shape index (κ2) is 11.9. The fraction of sp³-hybridized carbons (Fsp3) is 0.800. The number of fused-ring (bicyclic) bond motifs is 4. The fourth-order valence-corrected chi connectivity index (χ4v) is 11.9. The third-order valence-electron chi connectivity index (χ3n) is 14.9. The Morgan fingerprint density at radius 1 is 0.620 bits per heavy atom. The number of ether oxygens (including phenoxy) is 4. The van der Waals surface area contributed by atoms with Gasteiger partial charge in [-0.1, -0.05) is 45.9 Å². The Bertz CT molecular complexity index is 1430. The van der Waals surface area contributed by atoms with Crippen LogP contribution in [0.15, 0.2) is 24.3 Å². The van der Waals surface area contributed by atoms with Gasteiger partial charge in [-0.3, -0.25) is 9.59 Å². The summed E-state index contributed by atoms with van der Waals surface area (Å²) in [6.07, 6.45) is 6.15. The number of carbonyl (C=O) groups is 2. The molecule has 2 spiro atoms. The van der Waals surface area contributed by atoms with Gasteiger partial charge in [0, 0.05) is 48.6 Å². The van der Waals surface area contributed by atoms with E-state index in [0.717, 1.165) is 51.4 Å². The van der Waals surface area contributed by atoms with Gasteiger partial charge in [-0.15, -0.1) is 0 Å². The quantitative estimate of drug-likeness (QED) is 0.222. The fourth-order valence-electron chi connectivity index (χ4n) is 11.9. The lowest BCUT2D eigenvalue weighted by Crippen LogP contribution is -2.70. The highest BCUT2D eigenvalue weighted by Crippen LogP contribution is 2.62. The van der Waals surface area contributed by atoms with E-state index in [4.69, 9.17) is 38.5 Å². The standard InChI is InChI=1S/C40H54O10/c1-21-10-12-29-23(3)33(43-35-39(29)27(21)14-16-37(5,45-35)47-49-39)19-31(41)25-8-7-9-26(18-25)32(42)20-34-24(4)30-13-11-22(2)28-15-17-38(6)46-36(44-34)40(28,30)50-48-38/h7-9,18,21-24,27-30,33-36H,10-17,19-20H2,1-6H3/t21-,22-,23-,24-,27+,28+,29+,30+,33?,34?,35-,36-,37+,38+,39-,40-/m1/s1. The van der Waals surface area contributed by atoms with Crippen molar-refractivity contribution in [2.24, 2.45) is 47.3 Å². The van der Waals surface area contributed by atoms with Gasteiger partial charge in [-0.05, 0) is 93.9 Å². The van der Waals surface area contributed by atoms with Crippen LogP contribution < -0.4 is 0 Å². The highest BCUT2D eigenvalue weighted by molar-refractivity contribution is 6.01. The zero-order chi connectivity index (χ0) is 34.8. The largest absolute Gasteiger partial charge is 0.345 e. The predicted octanol–water partition coefficient (Wildman–Crippen LogP) is 7.33. The first kappa shape index (κ1) is 34.0. The Morgan fingerprint density at radius 2 is 1.06 bits per heavy atom. The number of hydrogen-bond acceptors (Lipinski definition) is 10. The lowest BCUT2D eigenvalue weighted by atomic mass is 9.57. The molecule has 4 bridgehead atoms. The van der Waals surface area contributed by atoms with Gasteiger partial charge in [-0.2, -0.15) is 0 Å². The molecule has 274 valence electrons. The number of rotatable bonds is 6. The van der Waals surface area contributed by atoms with Gasteiger partial charge in [0.25, 0.3) is 0 Å². The molecular formula is C40H54O10. The highest BCUT2D eigenvalue weighted by atomic mass is 17.3. The molecule has 8 heterocycles. The van der Waals surface area contributed by atoms with E-state index in [1.165, 1.54) is 0 Å². The smallest absolute Gasteiger partial charge is 0.201 e. The molecule has 0 radical (unpaired) electrons. The van der Waals surface area contributed by atoms with Crippen LogP contribution in [0.3, 0.4) is 0 Å². The number of hydrogen-bond donors (Lipinski definition) is 0. The molecule has 2 unspecified atom stereocenters. The minimum Gasteiger partial charge on any atom is -0.345 e. The van der Waals surface area contributed by atoms with Crippen LogP contribution in [0.1, 0.15) is 126 Å². The second-order valence-corrected chi connectivity index (χ2v) is 17.7. The average Bonchev–Trinajstić information content (AvgIpc) is 3.47. The molecule has 10 aliphatic rings. The molecule has 0 N–H and O–H groups in total. The summed E-state index contributed by atoms with van der Waals surface area (Å²) in [5.74, 6) is 0.125. The predicted molar refractivity (Wildman–Crippen MR) is 178 cm³/mol. The van der Waals surface area contributed by atoms with E-state index in [2.05, 4.69) is 27.7 Å². The molecule has 2 saturated carbocycles. The maximum absolute atomic E-state index is 13.9. The molecule has 16 atom stereocenters. The van der Waals surface area contributed by atoms with Crippen LogP contribution in [0, 0.1) is 47.3 Å². The van der Waals surface area contributed by atoms with Gasteiger partial charge >= 0.3 is 0 Å². The number of Topliss-reactive ketones (excluding diaryl/α,β-unsaturated/α-hetero) is 2. The first-order valence-corrected chi connectivity index (χ1v) is 19.4. The zero-order valence-corrected chi connectivity index (χ0v) is 30.4. The van der Waals surface area contributed by atoms with Gasteiger partial charge < -0.3 is 18.9 Å². The third-order valence-corrected chi connectivity index (χ3v) is 14.9. The molecule has 2 aliphatic carbocycles. The molecule has 10 nitrogen and oxygen atoms in total. The molecule has 10 heteroatoms. The minimum atomic E-state index is -0.862. The van der Waals surface area contributed by atoms with Crippen molar-refractivity contribution in [2.75, 3.05) is 0 Å². The van der Waals surface area contributed by atoms with E-state index in [0.29, 0.717) is 23.0 Å². The van der Waals surface area contributed by atoms with Crippen molar-refractivity contribution in [3.63, 3.8) is 0 Å². The molecular weight excluding hydrogens is 640 g/mol. The van der Waals surface area contributed by atoms with Gasteiger partial charge in [-0.25, -0.2) is 19.6 Å². The zero-order valence-electron chi connectivity index (χ0n) is 30.4. The molecule has 8 aliphatic heterocycles. The van der Waals surface area contributed by atoms with Crippen molar-refractivity contribution < 1.29 is 48.1 Å². The summed E-state index contributed by atoms with van der Waals surface area (Å²) in [6, 6.07) is 7.15. The van der Waals surface area contributed by atoms with E-state index in [9.17, 15) is 9.59 Å². The summed E-state index contributed by atoms with van der Waals surface area (Å²) in [5.41, 5.74) is -0.293. The Balaban J connectivity index is 0.909. The molecule has 1 aromatic carbocycles. The Labute approximate surface area is 295 Å². The second-order valence-electron chi connectivity index (χ2n) is 17.7. The van der Waals surface area contributed by atoms with Crippen LogP contribution in [-0.2, 0) is 38.5 Å². The molecule has 0 amide bonds. The lowest BCUT2D eigenvalue weighted by Gasteiger charge is -2.60. The van der Waals surface area contributed by atoms with Crippen molar-refractivity contribution in [2.45, 2.75) is 153 Å². The van der Waals surface area contributed by atoms with Crippen molar-refractivity contribution in [1.82, 2.24) is 0 Å². The summed E-state index contributed by atoms with van der Waals surface area (Å²) in [4.78, 5) is 52.3. The number of carbonyl (C=O) groups excluding carboxylic acids is 2. The summed E-state index contributed by atoms with van der Waals surface area (Å²) < 4.78 is 26.4. The van der Waals surface area contributed by atoms with Crippen LogP contribution in [0.5, 0.6) is 0 Å². The SMILES string of the molecule is C[C@@H]1CC[C@H]2[C@@H](C)C(CC(=O)c3cccc(C(=O)CC4O[C@@H]5O[C@]6(C)CC[C@H]7[C@H](C)CC[C@@H]([C@H]4C)[C@@]57OO6)c3)O[C@@H]3O[C@]4(C)CC[C@@H]1[C@]32OO4. The topological polar surface area (TPSA) is 108 Å². The van der Waals surface area contributed by atoms with Crippen LogP contribution >= 0.6 is 0 Å². The van der Waals surface area contributed by atoms with E-state index in [1.54, 1.807) is 24.3 Å². The highest BCUT2D eigenvalue weighted by Gasteiger charge is 2.71.